The summed E-state index contributed by atoms with van der Waals surface area (Å²) in [4.78, 5) is 33.1. The van der Waals surface area contributed by atoms with Gasteiger partial charge in [0.05, 0.1) is 17.6 Å². The fraction of sp³-hybridized carbons (Fsp3) is 0.316. The van der Waals surface area contributed by atoms with Gasteiger partial charge in [0.25, 0.3) is 0 Å². The van der Waals surface area contributed by atoms with Crippen LogP contribution in [0.1, 0.15) is 35.0 Å². The van der Waals surface area contributed by atoms with Crippen LogP contribution in [0.4, 0.5) is 11.5 Å². The number of nitro groups is 1. The predicted octanol–water partition coefficient (Wildman–Crippen LogP) is 3.96. The van der Waals surface area contributed by atoms with Crippen molar-refractivity contribution in [3.05, 3.63) is 57.1 Å². The third-order valence-corrected chi connectivity index (χ3v) is 5.21. The summed E-state index contributed by atoms with van der Waals surface area (Å²) in [6, 6.07) is 6.50. The highest BCUT2D eigenvalue weighted by Gasteiger charge is 2.30. The van der Waals surface area contributed by atoms with Crippen molar-refractivity contribution >= 4 is 40.2 Å². The van der Waals surface area contributed by atoms with Gasteiger partial charge in [-0.3, -0.25) is 10.1 Å². The standard InChI is InChI=1S/C19H17ClN4O5/c1-28-19(25)12-8-15(24(26)27)17(21-10-12)23-6-4-11(5-7-23)18-22-14-9-13(20)2-3-16(14)29-18/h2-3,8-11H,4-7H2,1H3. The number of carbonyl (C=O) groups is 1. The van der Waals surface area contributed by atoms with Crippen LogP contribution in [0.2, 0.25) is 5.02 Å². The van der Waals surface area contributed by atoms with E-state index in [1.165, 1.54) is 19.4 Å². The Morgan fingerprint density at radius 3 is 2.79 bits per heavy atom. The zero-order valence-corrected chi connectivity index (χ0v) is 16.3. The minimum absolute atomic E-state index is 0.0444. The first-order chi connectivity index (χ1) is 14.0. The number of nitrogens with zero attached hydrogens (tertiary/aromatic N) is 4. The molecule has 0 bridgehead atoms. The fourth-order valence-electron chi connectivity index (χ4n) is 3.48. The van der Waals surface area contributed by atoms with E-state index in [0.717, 1.165) is 0 Å². The molecular weight excluding hydrogens is 400 g/mol. The molecule has 1 aromatic carbocycles. The lowest BCUT2D eigenvalue weighted by atomic mass is 9.96. The van der Waals surface area contributed by atoms with E-state index >= 15 is 0 Å². The van der Waals surface area contributed by atoms with Gasteiger partial charge in [0.1, 0.15) is 5.52 Å². The first-order valence-corrected chi connectivity index (χ1v) is 9.37. The molecule has 1 saturated heterocycles. The lowest BCUT2D eigenvalue weighted by Crippen LogP contribution is -2.34. The van der Waals surface area contributed by atoms with E-state index in [-0.39, 0.29) is 23.0 Å². The van der Waals surface area contributed by atoms with Crippen molar-refractivity contribution in [1.29, 1.82) is 0 Å². The zero-order valence-electron chi connectivity index (χ0n) is 15.5. The lowest BCUT2D eigenvalue weighted by molar-refractivity contribution is -0.384. The Bertz CT molecular complexity index is 1090. The van der Waals surface area contributed by atoms with Gasteiger partial charge in [0.2, 0.25) is 5.82 Å². The van der Waals surface area contributed by atoms with Crippen LogP contribution in [0.5, 0.6) is 0 Å². The van der Waals surface area contributed by atoms with Gasteiger partial charge in [-0.1, -0.05) is 11.6 Å². The predicted molar refractivity (Wildman–Crippen MR) is 105 cm³/mol. The number of ether oxygens (including phenoxy) is 1. The molecule has 150 valence electrons. The van der Waals surface area contributed by atoms with E-state index in [0.29, 0.717) is 47.9 Å². The molecule has 0 aliphatic carbocycles. The molecule has 0 spiro atoms. The number of anilines is 1. The molecule has 3 heterocycles. The quantitative estimate of drug-likeness (QED) is 0.357. The summed E-state index contributed by atoms with van der Waals surface area (Å²) in [5.74, 6) is 0.323. The number of rotatable bonds is 4. The first kappa shape index (κ1) is 19.1. The topological polar surface area (TPSA) is 112 Å². The van der Waals surface area contributed by atoms with Crippen molar-refractivity contribution in [3.8, 4) is 0 Å². The third kappa shape index (κ3) is 3.73. The summed E-state index contributed by atoms with van der Waals surface area (Å²) in [5.41, 5.74) is 1.22. The van der Waals surface area contributed by atoms with Gasteiger partial charge in [0.15, 0.2) is 11.5 Å². The normalized spacial score (nSPS) is 14.9. The molecule has 10 heteroatoms. The van der Waals surface area contributed by atoms with E-state index in [4.69, 9.17) is 16.0 Å². The van der Waals surface area contributed by atoms with Crippen molar-refractivity contribution in [1.82, 2.24) is 9.97 Å². The van der Waals surface area contributed by atoms with Crippen LogP contribution < -0.4 is 4.90 Å². The molecular formula is C19H17ClN4O5. The van der Waals surface area contributed by atoms with E-state index in [1.54, 1.807) is 18.2 Å². The number of hydrogen-bond donors (Lipinski definition) is 0. The Labute approximate surface area is 170 Å². The van der Waals surface area contributed by atoms with Crippen LogP contribution in [-0.2, 0) is 4.74 Å². The van der Waals surface area contributed by atoms with E-state index in [2.05, 4.69) is 14.7 Å². The largest absolute Gasteiger partial charge is 0.465 e. The Balaban J connectivity index is 1.53. The molecule has 4 rings (SSSR count). The Morgan fingerprint density at radius 2 is 2.10 bits per heavy atom. The number of pyridine rings is 1. The Morgan fingerprint density at radius 1 is 1.34 bits per heavy atom. The fourth-order valence-corrected chi connectivity index (χ4v) is 3.65. The number of fused-ring (bicyclic) bond motifs is 1. The highest BCUT2D eigenvalue weighted by Crippen LogP contribution is 2.35. The van der Waals surface area contributed by atoms with Gasteiger partial charge in [-0.15, -0.1) is 0 Å². The van der Waals surface area contributed by atoms with Crippen molar-refractivity contribution in [2.45, 2.75) is 18.8 Å². The van der Waals surface area contributed by atoms with E-state index in [9.17, 15) is 14.9 Å². The molecule has 9 nitrogen and oxygen atoms in total. The van der Waals surface area contributed by atoms with Gasteiger partial charge in [-0.2, -0.15) is 0 Å². The van der Waals surface area contributed by atoms with Crippen molar-refractivity contribution in [2.24, 2.45) is 0 Å². The maximum absolute atomic E-state index is 11.6. The van der Waals surface area contributed by atoms with Crippen LogP contribution in [0.25, 0.3) is 11.1 Å². The molecule has 2 aromatic heterocycles. The molecule has 0 N–H and O–H groups in total. The monoisotopic (exact) mass is 416 g/mol. The lowest BCUT2D eigenvalue weighted by Gasteiger charge is -2.31. The molecule has 0 radical (unpaired) electrons. The number of esters is 1. The smallest absolute Gasteiger partial charge is 0.339 e. The molecule has 29 heavy (non-hydrogen) atoms. The van der Waals surface area contributed by atoms with Crippen LogP contribution in [0.3, 0.4) is 0 Å². The number of methoxy groups -OCH3 is 1. The second-order valence-electron chi connectivity index (χ2n) is 6.74. The minimum Gasteiger partial charge on any atom is -0.465 e. The number of piperidine rings is 1. The second-order valence-corrected chi connectivity index (χ2v) is 7.18. The van der Waals surface area contributed by atoms with Gasteiger partial charge < -0.3 is 14.1 Å². The van der Waals surface area contributed by atoms with Crippen LogP contribution >= 0.6 is 11.6 Å². The SMILES string of the molecule is COC(=O)c1cnc(N2CCC(c3nc4cc(Cl)ccc4o3)CC2)c([N+](=O)[O-])c1. The van der Waals surface area contributed by atoms with E-state index < -0.39 is 10.9 Å². The van der Waals surface area contributed by atoms with Gasteiger partial charge in [-0.05, 0) is 31.0 Å². The number of oxazole rings is 1. The van der Waals surface area contributed by atoms with E-state index in [1.807, 2.05) is 4.90 Å². The zero-order chi connectivity index (χ0) is 20.5. The molecule has 3 aromatic rings. The summed E-state index contributed by atoms with van der Waals surface area (Å²) in [6.07, 6.45) is 2.71. The van der Waals surface area contributed by atoms with Crippen LogP contribution in [0.15, 0.2) is 34.9 Å². The Hall–Kier alpha value is -3.20. The summed E-state index contributed by atoms with van der Waals surface area (Å²) < 4.78 is 10.5. The maximum atomic E-state index is 11.6. The highest BCUT2D eigenvalue weighted by molar-refractivity contribution is 6.31. The molecule has 0 atom stereocenters. The summed E-state index contributed by atoms with van der Waals surface area (Å²) in [5, 5.41) is 12.1. The number of hydrogen-bond acceptors (Lipinski definition) is 8. The average Bonchev–Trinajstić information content (AvgIpc) is 3.16. The first-order valence-electron chi connectivity index (χ1n) is 9.00. The molecule has 0 amide bonds. The van der Waals surface area contributed by atoms with Gasteiger partial charge >= 0.3 is 11.7 Å². The number of carbonyl (C=O) groups excluding carboxylic acids is 1. The second kappa shape index (κ2) is 7.67. The van der Waals surface area contributed by atoms with Gasteiger partial charge in [-0.25, -0.2) is 14.8 Å². The summed E-state index contributed by atoms with van der Waals surface area (Å²) in [7, 11) is 1.22. The number of benzene rings is 1. The number of halogens is 1. The van der Waals surface area contributed by atoms with Crippen molar-refractivity contribution in [3.63, 3.8) is 0 Å². The summed E-state index contributed by atoms with van der Waals surface area (Å²) >= 11 is 6.00. The average molecular weight is 417 g/mol. The minimum atomic E-state index is -0.665. The highest BCUT2D eigenvalue weighted by atomic mass is 35.5. The third-order valence-electron chi connectivity index (χ3n) is 4.97. The number of aromatic nitrogens is 2. The molecule has 0 unspecified atom stereocenters. The van der Waals surface area contributed by atoms with Gasteiger partial charge in [0, 0.05) is 36.3 Å². The van der Waals surface area contributed by atoms with Crippen LogP contribution in [-0.4, -0.2) is 41.1 Å². The molecule has 0 saturated carbocycles. The molecule has 1 aliphatic heterocycles. The Kier molecular flexibility index (Phi) is 5.06. The van der Waals surface area contributed by atoms with Crippen molar-refractivity contribution < 1.29 is 18.9 Å². The molecule has 1 fully saturated rings. The van der Waals surface area contributed by atoms with Crippen LogP contribution in [0, 0.1) is 10.1 Å². The van der Waals surface area contributed by atoms with Crippen molar-refractivity contribution in [2.75, 3.05) is 25.1 Å². The maximum Gasteiger partial charge on any atom is 0.339 e. The molecule has 1 aliphatic rings. The summed E-state index contributed by atoms with van der Waals surface area (Å²) in [6.45, 7) is 1.10.